The van der Waals surface area contributed by atoms with Gasteiger partial charge in [0.25, 0.3) is 5.91 Å². The third-order valence-electron chi connectivity index (χ3n) is 5.13. The van der Waals surface area contributed by atoms with Gasteiger partial charge in [0.2, 0.25) is 0 Å². The maximum Gasteiger partial charge on any atom is 0.266 e. The molecule has 2 saturated heterocycles. The van der Waals surface area contributed by atoms with Crippen molar-refractivity contribution in [1.82, 2.24) is 19.4 Å². The highest BCUT2D eigenvalue weighted by atomic mass is 32.2. The van der Waals surface area contributed by atoms with Crippen LogP contribution in [-0.2, 0) is 9.84 Å². The Labute approximate surface area is 157 Å². The Morgan fingerprint density at radius 1 is 1.19 bits per heavy atom. The SMILES string of the molecule is Cc1nc(-n2cccc2)sc1C(=O)N1CCN([C@@H]2CCS(=O)(=O)C2)CC1. The van der Waals surface area contributed by atoms with Crippen LogP contribution in [-0.4, -0.2) is 77.4 Å². The summed E-state index contributed by atoms with van der Waals surface area (Å²) in [4.78, 5) is 22.2. The van der Waals surface area contributed by atoms with Crippen LogP contribution in [0.2, 0.25) is 0 Å². The van der Waals surface area contributed by atoms with E-state index >= 15 is 0 Å². The molecule has 26 heavy (non-hydrogen) atoms. The third kappa shape index (κ3) is 3.43. The Balaban J connectivity index is 1.41. The lowest BCUT2D eigenvalue weighted by atomic mass is 10.2. The molecule has 2 aliphatic rings. The first-order valence-electron chi connectivity index (χ1n) is 8.77. The molecule has 0 saturated carbocycles. The first-order chi connectivity index (χ1) is 12.4. The lowest BCUT2D eigenvalue weighted by molar-refractivity contribution is 0.0591. The smallest absolute Gasteiger partial charge is 0.266 e. The van der Waals surface area contributed by atoms with E-state index in [4.69, 9.17) is 0 Å². The average Bonchev–Trinajstić information content (AvgIpc) is 3.34. The molecule has 4 heterocycles. The van der Waals surface area contributed by atoms with Crippen molar-refractivity contribution in [2.45, 2.75) is 19.4 Å². The van der Waals surface area contributed by atoms with Crippen LogP contribution >= 0.6 is 11.3 Å². The lowest BCUT2D eigenvalue weighted by Gasteiger charge is -2.37. The van der Waals surface area contributed by atoms with Crippen molar-refractivity contribution in [1.29, 1.82) is 0 Å². The summed E-state index contributed by atoms with van der Waals surface area (Å²) < 4.78 is 25.3. The van der Waals surface area contributed by atoms with Crippen LogP contribution in [0, 0.1) is 6.92 Å². The second-order valence-electron chi connectivity index (χ2n) is 6.89. The summed E-state index contributed by atoms with van der Waals surface area (Å²) in [6, 6.07) is 3.98. The quantitative estimate of drug-likeness (QED) is 0.782. The second kappa shape index (κ2) is 6.79. The van der Waals surface area contributed by atoms with Gasteiger partial charge in [-0.15, -0.1) is 0 Å². The molecule has 0 spiro atoms. The van der Waals surface area contributed by atoms with Crippen molar-refractivity contribution in [3.8, 4) is 5.13 Å². The number of carbonyl (C=O) groups is 1. The van der Waals surface area contributed by atoms with E-state index in [1.165, 1.54) is 11.3 Å². The molecule has 1 atom stereocenters. The number of hydrogen-bond donors (Lipinski definition) is 0. The van der Waals surface area contributed by atoms with Crippen molar-refractivity contribution >= 4 is 27.1 Å². The molecule has 0 bridgehead atoms. The summed E-state index contributed by atoms with van der Waals surface area (Å²) in [5.41, 5.74) is 0.757. The fourth-order valence-corrected chi connectivity index (χ4v) is 6.41. The molecule has 0 unspecified atom stereocenters. The molecule has 4 rings (SSSR count). The molecule has 7 nitrogen and oxygen atoms in total. The Bertz CT molecular complexity index is 897. The zero-order valence-electron chi connectivity index (χ0n) is 14.7. The van der Waals surface area contributed by atoms with Crippen molar-refractivity contribution in [3.05, 3.63) is 35.1 Å². The summed E-state index contributed by atoms with van der Waals surface area (Å²) in [6.45, 7) is 4.59. The minimum atomic E-state index is -2.87. The van der Waals surface area contributed by atoms with E-state index in [-0.39, 0.29) is 17.7 Å². The highest BCUT2D eigenvalue weighted by molar-refractivity contribution is 7.91. The molecular formula is C17H22N4O3S2. The summed E-state index contributed by atoms with van der Waals surface area (Å²) in [5, 5.41) is 0.797. The summed E-state index contributed by atoms with van der Waals surface area (Å²) in [7, 11) is -2.87. The normalized spacial score (nSPS) is 23.4. The zero-order valence-corrected chi connectivity index (χ0v) is 16.3. The van der Waals surface area contributed by atoms with Gasteiger partial charge < -0.3 is 9.47 Å². The molecular weight excluding hydrogens is 372 g/mol. The molecule has 2 fully saturated rings. The lowest BCUT2D eigenvalue weighted by Crippen LogP contribution is -2.52. The monoisotopic (exact) mass is 394 g/mol. The van der Waals surface area contributed by atoms with Gasteiger partial charge in [-0.2, -0.15) is 0 Å². The topological polar surface area (TPSA) is 75.5 Å². The molecule has 2 aliphatic heterocycles. The molecule has 0 N–H and O–H groups in total. The largest absolute Gasteiger partial charge is 0.335 e. The van der Waals surface area contributed by atoms with E-state index in [0.29, 0.717) is 30.1 Å². The third-order valence-corrected chi connectivity index (χ3v) is 8.04. The zero-order chi connectivity index (χ0) is 18.3. The molecule has 140 valence electrons. The highest BCUT2D eigenvalue weighted by Gasteiger charge is 2.34. The van der Waals surface area contributed by atoms with Crippen LogP contribution in [0.25, 0.3) is 5.13 Å². The summed E-state index contributed by atoms with van der Waals surface area (Å²) in [6.07, 6.45) is 4.55. The number of thiazole rings is 1. The first-order valence-corrected chi connectivity index (χ1v) is 11.4. The predicted octanol–water partition coefficient (Wildman–Crippen LogP) is 1.19. The minimum absolute atomic E-state index is 0.0251. The number of piperazine rings is 1. The highest BCUT2D eigenvalue weighted by Crippen LogP contribution is 2.25. The van der Waals surface area contributed by atoms with Crippen LogP contribution < -0.4 is 0 Å². The van der Waals surface area contributed by atoms with E-state index in [1.807, 2.05) is 40.9 Å². The van der Waals surface area contributed by atoms with E-state index in [0.717, 1.165) is 23.9 Å². The maximum absolute atomic E-state index is 12.9. The fourth-order valence-electron chi connectivity index (χ4n) is 3.65. The molecule has 1 amide bonds. The van der Waals surface area contributed by atoms with Gasteiger partial charge in [0.15, 0.2) is 15.0 Å². The van der Waals surface area contributed by atoms with E-state index < -0.39 is 9.84 Å². The van der Waals surface area contributed by atoms with Gasteiger partial charge in [0.05, 0.1) is 17.2 Å². The number of carbonyl (C=O) groups excluding carboxylic acids is 1. The summed E-state index contributed by atoms with van der Waals surface area (Å²) >= 11 is 1.41. The Morgan fingerprint density at radius 2 is 1.88 bits per heavy atom. The Kier molecular flexibility index (Phi) is 4.62. The number of amides is 1. The van der Waals surface area contributed by atoms with Gasteiger partial charge >= 0.3 is 0 Å². The maximum atomic E-state index is 12.9. The number of rotatable bonds is 3. The van der Waals surface area contributed by atoms with Crippen molar-refractivity contribution < 1.29 is 13.2 Å². The van der Waals surface area contributed by atoms with Gasteiger partial charge in [-0.3, -0.25) is 9.69 Å². The number of nitrogens with zero attached hydrogens (tertiary/aromatic N) is 4. The molecule has 0 radical (unpaired) electrons. The molecule has 2 aromatic heterocycles. The van der Waals surface area contributed by atoms with E-state index in [1.54, 1.807) is 0 Å². The molecule has 9 heteroatoms. The van der Waals surface area contributed by atoms with Crippen LogP contribution in [0.1, 0.15) is 21.8 Å². The van der Waals surface area contributed by atoms with Crippen molar-refractivity contribution in [2.75, 3.05) is 37.7 Å². The van der Waals surface area contributed by atoms with Crippen LogP contribution in [0.15, 0.2) is 24.5 Å². The van der Waals surface area contributed by atoms with Gasteiger partial charge in [0.1, 0.15) is 4.88 Å². The number of hydrogen-bond acceptors (Lipinski definition) is 6. The van der Waals surface area contributed by atoms with Crippen LogP contribution in [0.4, 0.5) is 0 Å². The molecule has 0 aliphatic carbocycles. The minimum Gasteiger partial charge on any atom is -0.335 e. The standard InChI is InChI=1S/C17H22N4O3S2/c1-13-15(25-17(18-13)21-5-2-3-6-21)16(22)20-9-7-19(8-10-20)14-4-11-26(23,24)12-14/h2-3,5-6,14H,4,7-12H2,1H3/t14-/m1/s1. The van der Waals surface area contributed by atoms with Crippen molar-refractivity contribution in [2.24, 2.45) is 0 Å². The van der Waals surface area contributed by atoms with Crippen LogP contribution in [0.3, 0.4) is 0 Å². The first kappa shape index (κ1) is 17.7. The van der Waals surface area contributed by atoms with Gasteiger partial charge in [-0.1, -0.05) is 11.3 Å². The predicted molar refractivity (Wildman–Crippen MR) is 101 cm³/mol. The van der Waals surface area contributed by atoms with E-state index in [9.17, 15) is 13.2 Å². The Morgan fingerprint density at radius 3 is 2.50 bits per heavy atom. The van der Waals surface area contributed by atoms with Gasteiger partial charge in [-0.05, 0) is 25.5 Å². The van der Waals surface area contributed by atoms with Crippen LogP contribution in [0.5, 0.6) is 0 Å². The summed E-state index contributed by atoms with van der Waals surface area (Å²) in [5.74, 6) is 0.575. The van der Waals surface area contributed by atoms with Gasteiger partial charge in [-0.25, -0.2) is 13.4 Å². The number of aromatic nitrogens is 2. The number of sulfone groups is 1. The Hall–Kier alpha value is -1.71. The molecule has 2 aromatic rings. The fraction of sp³-hybridized carbons (Fsp3) is 0.529. The average molecular weight is 395 g/mol. The number of aryl methyl sites for hydroxylation is 1. The van der Waals surface area contributed by atoms with Crippen molar-refractivity contribution in [3.63, 3.8) is 0 Å². The molecule has 0 aromatic carbocycles. The van der Waals surface area contributed by atoms with E-state index in [2.05, 4.69) is 9.88 Å². The second-order valence-corrected chi connectivity index (χ2v) is 10.1. The van der Waals surface area contributed by atoms with Gasteiger partial charge in [0, 0.05) is 44.6 Å².